The first-order chi connectivity index (χ1) is 10.2. The molecule has 1 aliphatic heterocycles. The molecule has 0 radical (unpaired) electrons. The Kier molecular flexibility index (Phi) is 4.12. The van der Waals surface area contributed by atoms with Gasteiger partial charge in [0.05, 0.1) is 12.3 Å². The molecule has 3 heterocycles. The summed E-state index contributed by atoms with van der Waals surface area (Å²) in [5.74, 6) is 0.895. The van der Waals surface area contributed by atoms with Crippen LogP contribution in [0.2, 0.25) is 0 Å². The normalized spacial score (nSPS) is 19.5. The summed E-state index contributed by atoms with van der Waals surface area (Å²) < 4.78 is 1.97. The lowest BCUT2D eigenvalue weighted by Gasteiger charge is -2.28. The lowest BCUT2D eigenvalue weighted by molar-refractivity contribution is 0.267. The first-order valence-corrected chi connectivity index (χ1v) is 7.76. The van der Waals surface area contributed by atoms with E-state index in [1.54, 1.807) is 0 Å². The van der Waals surface area contributed by atoms with E-state index in [1.807, 2.05) is 28.8 Å². The minimum absolute atomic E-state index is 0.00696. The lowest BCUT2D eigenvalue weighted by atomic mass is 10.2. The molecule has 2 aromatic heterocycles. The van der Waals surface area contributed by atoms with Crippen LogP contribution in [0.1, 0.15) is 25.5 Å². The molecule has 1 aliphatic rings. The number of likely N-dealkylation sites (tertiary alicyclic amines) is 1. The van der Waals surface area contributed by atoms with Crippen molar-refractivity contribution in [2.45, 2.75) is 32.4 Å². The van der Waals surface area contributed by atoms with Crippen LogP contribution in [-0.4, -0.2) is 52.1 Å². The van der Waals surface area contributed by atoms with Crippen molar-refractivity contribution in [3.63, 3.8) is 0 Å². The molecule has 1 N–H and O–H groups in total. The van der Waals surface area contributed by atoms with Gasteiger partial charge >= 0.3 is 0 Å². The molecule has 5 nitrogen and oxygen atoms in total. The molecule has 3 rings (SSSR count). The fourth-order valence-corrected chi connectivity index (χ4v) is 3.41. The zero-order chi connectivity index (χ0) is 14.8. The van der Waals surface area contributed by atoms with Gasteiger partial charge in [0.2, 0.25) is 0 Å². The van der Waals surface area contributed by atoms with Gasteiger partial charge < -0.3 is 10.0 Å². The van der Waals surface area contributed by atoms with Gasteiger partial charge in [0.1, 0.15) is 5.65 Å². The van der Waals surface area contributed by atoms with Gasteiger partial charge in [-0.15, -0.1) is 0 Å². The molecule has 0 bridgehead atoms. The number of rotatable bonds is 5. The summed E-state index contributed by atoms with van der Waals surface area (Å²) in [7, 11) is 2.08. The maximum atomic E-state index is 9.72. The summed E-state index contributed by atoms with van der Waals surface area (Å²) in [5, 5.41) is 9.72. The molecule has 2 aromatic rings. The van der Waals surface area contributed by atoms with Gasteiger partial charge in [0.15, 0.2) is 5.82 Å². The van der Waals surface area contributed by atoms with E-state index in [-0.39, 0.29) is 6.61 Å². The summed E-state index contributed by atoms with van der Waals surface area (Å²) in [4.78, 5) is 9.41. The number of anilines is 1. The van der Waals surface area contributed by atoms with E-state index in [4.69, 9.17) is 0 Å². The zero-order valence-electron chi connectivity index (χ0n) is 12.9. The number of pyridine rings is 1. The predicted molar refractivity (Wildman–Crippen MR) is 84.7 cm³/mol. The van der Waals surface area contributed by atoms with Crippen LogP contribution in [0.3, 0.4) is 0 Å². The zero-order valence-corrected chi connectivity index (χ0v) is 12.9. The van der Waals surface area contributed by atoms with Gasteiger partial charge in [0, 0.05) is 25.8 Å². The van der Waals surface area contributed by atoms with E-state index in [1.165, 1.54) is 19.4 Å². The van der Waals surface area contributed by atoms with Crippen molar-refractivity contribution >= 4 is 11.5 Å². The van der Waals surface area contributed by atoms with Crippen LogP contribution in [0.25, 0.3) is 5.65 Å². The molecule has 0 aromatic carbocycles. The standard InChI is InChI=1S/C16H24N4O/c1-3-19-9-6-7-13(19)11-18(2)16-14(12-21)20-10-5-4-8-15(20)17-16/h4-5,8,10,13,21H,3,6-7,9,11-12H2,1-2H3. The second kappa shape index (κ2) is 6.03. The van der Waals surface area contributed by atoms with Crippen molar-refractivity contribution in [2.24, 2.45) is 0 Å². The Morgan fingerprint density at radius 1 is 1.43 bits per heavy atom. The smallest absolute Gasteiger partial charge is 0.153 e. The second-order valence-electron chi connectivity index (χ2n) is 5.77. The Hall–Kier alpha value is -1.59. The molecule has 21 heavy (non-hydrogen) atoms. The van der Waals surface area contributed by atoms with E-state index in [2.05, 4.69) is 28.8 Å². The summed E-state index contributed by atoms with van der Waals surface area (Å²) in [5.41, 5.74) is 1.76. The molecule has 1 fully saturated rings. The summed E-state index contributed by atoms with van der Waals surface area (Å²) in [6, 6.07) is 6.51. The predicted octanol–water partition coefficient (Wildman–Crippen LogP) is 1.75. The topological polar surface area (TPSA) is 44.0 Å². The maximum Gasteiger partial charge on any atom is 0.153 e. The molecule has 114 valence electrons. The number of likely N-dealkylation sites (N-methyl/N-ethyl adjacent to an activating group) is 2. The molecule has 1 saturated heterocycles. The average Bonchev–Trinajstić information content (AvgIpc) is 3.10. The molecule has 0 saturated carbocycles. The van der Waals surface area contributed by atoms with E-state index in [0.29, 0.717) is 6.04 Å². The van der Waals surface area contributed by atoms with Gasteiger partial charge in [-0.05, 0) is 38.1 Å². The van der Waals surface area contributed by atoms with Crippen molar-refractivity contribution in [3.05, 3.63) is 30.1 Å². The highest BCUT2D eigenvalue weighted by atomic mass is 16.3. The maximum absolute atomic E-state index is 9.72. The Balaban J connectivity index is 1.85. The highest BCUT2D eigenvalue weighted by Gasteiger charge is 2.25. The van der Waals surface area contributed by atoms with Crippen molar-refractivity contribution in [1.29, 1.82) is 0 Å². The fraction of sp³-hybridized carbons (Fsp3) is 0.562. The molecular weight excluding hydrogens is 264 g/mol. The highest BCUT2D eigenvalue weighted by Crippen LogP contribution is 2.24. The third-order valence-electron chi connectivity index (χ3n) is 4.51. The second-order valence-corrected chi connectivity index (χ2v) is 5.77. The largest absolute Gasteiger partial charge is 0.390 e. The Labute approximate surface area is 125 Å². The summed E-state index contributed by atoms with van der Waals surface area (Å²) in [6.07, 6.45) is 4.49. The van der Waals surface area contributed by atoms with E-state index >= 15 is 0 Å². The number of hydrogen-bond acceptors (Lipinski definition) is 4. The monoisotopic (exact) mass is 288 g/mol. The number of aliphatic hydroxyl groups is 1. The van der Waals surface area contributed by atoms with Crippen LogP contribution in [0.4, 0.5) is 5.82 Å². The van der Waals surface area contributed by atoms with Crippen LogP contribution in [-0.2, 0) is 6.61 Å². The fourth-order valence-electron chi connectivity index (χ4n) is 3.41. The van der Waals surface area contributed by atoms with E-state index < -0.39 is 0 Å². The van der Waals surface area contributed by atoms with Gasteiger partial charge in [-0.2, -0.15) is 0 Å². The Bertz CT molecular complexity index is 609. The Morgan fingerprint density at radius 3 is 3.05 bits per heavy atom. The van der Waals surface area contributed by atoms with Crippen molar-refractivity contribution in [1.82, 2.24) is 14.3 Å². The van der Waals surface area contributed by atoms with Gasteiger partial charge in [-0.1, -0.05) is 13.0 Å². The summed E-state index contributed by atoms with van der Waals surface area (Å²) in [6.45, 7) is 5.50. The van der Waals surface area contributed by atoms with E-state index in [9.17, 15) is 5.11 Å². The van der Waals surface area contributed by atoms with Crippen LogP contribution in [0.5, 0.6) is 0 Å². The molecule has 0 aliphatic carbocycles. The molecular formula is C16H24N4O. The van der Waals surface area contributed by atoms with Crippen molar-refractivity contribution in [3.8, 4) is 0 Å². The van der Waals surface area contributed by atoms with Crippen LogP contribution in [0.15, 0.2) is 24.4 Å². The molecule has 5 heteroatoms. The molecule has 1 unspecified atom stereocenters. The SMILES string of the molecule is CCN1CCCC1CN(C)c1nc2ccccn2c1CO. The quantitative estimate of drug-likeness (QED) is 0.910. The third kappa shape index (κ3) is 2.63. The van der Waals surface area contributed by atoms with Gasteiger partial charge in [-0.25, -0.2) is 4.98 Å². The van der Waals surface area contributed by atoms with Gasteiger partial charge in [-0.3, -0.25) is 9.30 Å². The van der Waals surface area contributed by atoms with Crippen LogP contribution in [0, 0.1) is 0 Å². The van der Waals surface area contributed by atoms with Crippen LogP contribution < -0.4 is 4.90 Å². The third-order valence-corrected chi connectivity index (χ3v) is 4.51. The number of hydrogen-bond donors (Lipinski definition) is 1. The number of fused-ring (bicyclic) bond motifs is 1. The first kappa shape index (κ1) is 14.4. The van der Waals surface area contributed by atoms with Crippen LogP contribution >= 0.6 is 0 Å². The molecule has 0 spiro atoms. The molecule has 0 amide bonds. The average molecular weight is 288 g/mol. The highest BCUT2D eigenvalue weighted by molar-refractivity contribution is 5.55. The Morgan fingerprint density at radius 2 is 2.29 bits per heavy atom. The molecule has 1 atom stereocenters. The number of imidazole rings is 1. The number of aromatic nitrogens is 2. The lowest BCUT2D eigenvalue weighted by Crippen LogP contribution is -2.39. The first-order valence-electron chi connectivity index (χ1n) is 7.76. The minimum Gasteiger partial charge on any atom is -0.390 e. The number of aliphatic hydroxyl groups excluding tert-OH is 1. The summed E-state index contributed by atoms with van der Waals surface area (Å²) >= 11 is 0. The van der Waals surface area contributed by atoms with Gasteiger partial charge in [0.25, 0.3) is 0 Å². The van der Waals surface area contributed by atoms with Crippen molar-refractivity contribution < 1.29 is 5.11 Å². The van der Waals surface area contributed by atoms with Crippen molar-refractivity contribution in [2.75, 3.05) is 31.6 Å². The van der Waals surface area contributed by atoms with E-state index in [0.717, 1.165) is 30.2 Å². The number of nitrogens with zero attached hydrogens (tertiary/aromatic N) is 4. The minimum atomic E-state index is 0.00696.